The quantitative estimate of drug-likeness (QED) is 0.147. The number of aryl methyl sites for hydroxylation is 2. The van der Waals surface area contributed by atoms with E-state index < -0.39 is 17.5 Å². The number of rotatable bonds is 7. The number of fused-ring (bicyclic) bond motifs is 1. The summed E-state index contributed by atoms with van der Waals surface area (Å²) >= 11 is 0. The lowest BCUT2D eigenvalue weighted by molar-refractivity contribution is -0.132. The van der Waals surface area contributed by atoms with E-state index >= 15 is 0 Å². The van der Waals surface area contributed by atoms with Crippen LogP contribution in [0.4, 0.5) is 5.69 Å². The molecule has 0 bridgehead atoms. The van der Waals surface area contributed by atoms with Crippen molar-refractivity contribution in [2.45, 2.75) is 20.8 Å². The van der Waals surface area contributed by atoms with Gasteiger partial charge in [0.1, 0.15) is 11.3 Å². The maximum absolute atomic E-state index is 13.1. The summed E-state index contributed by atoms with van der Waals surface area (Å²) in [5.74, 6) is -0.423. The molecule has 0 aliphatic rings. The summed E-state index contributed by atoms with van der Waals surface area (Å²) < 4.78 is 21.5. The van der Waals surface area contributed by atoms with Gasteiger partial charge in [0.25, 0.3) is 0 Å². The molecule has 0 fully saturated rings. The van der Waals surface area contributed by atoms with Gasteiger partial charge in [-0.3, -0.25) is 9.59 Å². The van der Waals surface area contributed by atoms with Crippen LogP contribution in [0, 0.1) is 13.8 Å². The summed E-state index contributed by atoms with van der Waals surface area (Å²) in [7, 11) is 2.85. The van der Waals surface area contributed by atoms with Crippen molar-refractivity contribution < 1.29 is 28.2 Å². The zero-order chi connectivity index (χ0) is 27.4. The third-order valence-electron chi connectivity index (χ3n) is 5.80. The summed E-state index contributed by atoms with van der Waals surface area (Å²) in [6, 6.07) is 16.4. The first-order valence-corrected chi connectivity index (χ1v) is 11.8. The lowest BCUT2D eigenvalue weighted by Gasteiger charge is -2.14. The van der Waals surface area contributed by atoms with Crippen molar-refractivity contribution in [3.8, 4) is 28.4 Å². The van der Waals surface area contributed by atoms with Crippen LogP contribution in [0.1, 0.15) is 23.6 Å². The fourth-order valence-corrected chi connectivity index (χ4v) is 4.25. The van der Waals surface area contributed by atoms with Crippen molar-refractivity contribution in [1.82, 2.24) is 0 Å². The van der Waals surface area contributed by atoms with E-state index in [1.54, 1.807) is 12.1 Å². The first-order chi connectivity index (χ1) is 18.2. The van der Waals surface area contributed by atoms with Crippen LogP contribution < -0.4 is 25.2 Å². The van der Waals surface area contributed by atoms with Crippen LogP contribution >= 0.6 is 0 Å². The third kappa shape index (κ3) is 5.44. The Balaban J connectivity index is 1.75. The van der Waals surface area contributed by atoms with Gasteiger partial charge in [-0.2, -0.15) is 0 Å². The van der Waals surface area contributed by atoms with Gasteiger partial charge in [0.05, 0.1) is 14.2 Å². The number of carbonyl (C=O) groups is 2. The molecule has 0 spiro atoms. The first kappa shape index (κ1) is 26.2. The molecule has 0 radical (unpaired) electrons. The summed E-state index contributed by atoms with van der Waals surface area (Å²) in [4.78, 5) is 37.6. The van der Waals surface area contributed by atoms with E-state index in [4.69, 9.17) is 18.6 Å². The predicted molar refractivity (Wildman–Crippen MR) is 146 cm³/mol. The fraction of sp³-hybridized carbons (Fsp3) is 0.167. The third-order valence-corrected chi connectivity index (χ3v) is 5.80. The minimum absolute atomic E-state index is 0.0451. The molecule has 3 aromatic carbocycles. The molecule has 4 rings (SSSR count). The van der Waals surface area contributed by atoms with Crippen LogP contribution in [0.3, 0.4) is 0 Å². The lowest BCUT2D eigenvalue weighted by Crippen LogP contribution is -2.17. The molecule has 8 heteroatoms. The SMILES string of the molecule is COc1cc(/C=C/C(=O)Nc2c(-c3ccccc3)c3cc(C)cc(C)c3oc2=O)cc(OC)c1OC(C)=O. The van der Waals surface area contributed by atoms with Crippen molar-refractivity contribution in [1.29, 1.82) is 0 Å². The van der Waals surface area contributed by atoms with Gasteiger partial charge in [-0.05, 0) is 60.4 Å². The van der Waals surface area contributed by atoms with E-state index in [1.165, 1.54) is 33.3 Å². The predicted octanol–water partition coefficient (Wildman–Crippen LogP) is 5.67. The summed E-state index contributed by atoms with van der Waals surface area (Å²) in [5.41, 5.74) is 3.59. The average molecular weight is 514 g/mol. The molecule has 0 saturated carbocycles. The molecule has 0 atom stereocenters. The molecule has 0 unspecified atom stereocenters. The molecule has 0 aliphatic carbocycles. The maximum atomic E-state index is 13.1. The highest BCUT2D eigenvalue weighted by Crippen LogP contribution is 2.39. The number of hydrogen-bond acceptors (Lipinski definition) is 7. The van der Waals surface area contributed by atoms with Crippen LogP contribution in [0.5, 0.6) is 17.2 Å². The number of esters is 1. The lowest BCUT2D eigenvalue weighted by atomic mass is 9.97. The van der Waals surface area contributed by atoms with Gasteiger partial charge in [-0.1, -0.05) is 36.4 Å². The van der Waals surface area contributed by atoms with Crippen molar-refractivity contribution >= 4 is 34.6 Å². The van der Waals surface area contributed by atoms with Gasteiger partial charge in [-0.15, -0.1) is 0 Å². The average Bonchev–Trinajstić information content (AvgIpc) is 2.89. The summed E-state index contributed by atoms with van der Waals surface area (Å²) in [6.07, 6.45) is 2.80. The minimum Gasteiger partial charge on any atom is -0.493 e. The van der Waals surface area contributed by atoms with E-state index in [0.717, 1.165) is 22.1 Å². The second-order valence-corrected chi connectivity index (χ2v) is 8.63. The second kappa shape index (κ2) is 11.0. The van der Waals surface area contributed by atoms with Gasteiger partial charge in [0.2, 0.25) is 11.7 Å². The van der Waals surface area contributed by atoms with Crippen LogP contribution in [-0.2, 0) is 9.59 Å². The van der Waals surface area contributed by atoms with E-state index in [0.29, 0.717) is 16.7 Å². The highest BCUT2D eigenvalue weighted by atomic mass is 16.6. The number of amides is 1. The molecule has 1 N–H and O–H groups in total. The van der Waals surface area contributed by atoms with E-state index in [-0.39, 0.29) is 22.9 Å². The van der Waals surface area contributed by atoms with E-state index in [2.05, 4.69) is 5.32 Å². The highest BCUT2D eigenvalue weighted by molar-refractivity contribution is 6.08. The minimum atomic E-state index is -0.654. The number of hydrogen-bond donors (Lipinski definition) is 1. The van der Waals surface area contributed by atoms with Crippen molar-refractivity contribution in [3.05, 3.63) is 87.8 Å². The number of methoxy groups -OCH3 is 2. The Bertz CT molecular complexity index is 1590. The van der Waals surface area contributed by atoms with E-state index in [9.17, 15) is 14.4 Å². The normalized spacial score (nSPS) is 11.0. The Morgan fingerprint density at radius 3 is 2.21 bits per heavy atom. The van der Waals surface area contributed by atoms with Crippen LogP contribution in [0.2, 0.25) is 0 Å². The smallest absolute Gasteiger partial charge is 0.360 e. The second-order valence-electron chi connectivity index (χ2n) is 8.63. The standard InChI is InChI=1S/C30H27NO7/c1-17-13-18(2)28-22(14-17)26(21-9-7-6-8-10-21)27(30(34)38-28)31-25(33)12-11-20-15-23(35-4)29(37-19(3)32)24(16-20)36-5/h6-16H,1-5H3,(H,31,33)/b12-11+. The highest BCUT2D eigenvalue weighted by Gasteiger charge is 2.20. The molecular weight excluding hydrogens is 486 g/mol. The van der Waals surface area contributed by atoms with Gasteiger partial charge in [0, 0.05) is 23.9 Å². The Morgan fingerprint density at radius 2 is 1.61 bits per heavy atom. The monoisotopic (exact) mass is 513 g/mol. The van der Waals surface area contributed by atoms with Crippen LogP contribution in [0.25, 0.3) is 28.2 Å². The Kier molecular flexibility index (Phi) is 7.62. The molecule has 38 heavy (non-hydrogen) atoms. The van der Waals surface area contributed by atoms with Crippen molar-refractivity contribution in [2.24, 2.45) is 0 Å². The van der Waals surface area contributed by atoms with Crippen LogP contribution in [0.15, 0.2) is 69.9 Å². The number of ether oxygens (including phenoxy) is 3. The molecular formula is C30H27NO7. The fourth-order valence-electron chi connectivity index (χ4n) is 4.25. The topological polar surface area (TPSA) is 104 Å². The van der Waals surface area contributed by atoms with E-state index in [1.807, 2.05) is 56.3 Å². The molecule has 1 heterocycles. The Labute approximate surface area is 219 Å². The largest absolute Gasteiger partial charge is 0.493 e. The molecule has 4 aromatic rings. The summed E-state index contributed by atoms with van der Waals surface area (Å²) in [5, 5.41) is 3.43. The molecule has 0 aliphatic heterocycles. The van der Waals surface area contributed by atoms with Crippen molar-refractivity contribution in [3.63, 3.8) is 0 Å². The molecule has 1 aromatic heterocycles. The molecule has 8 nitrogen and oxygen atoms in total. The molecule has 194 valence electrons. The number of benzene rings is 3. The van der Waals surface area contributed by atoms with Gasteiger partial charge in [-0.25, -0.2) is 4.79 Å². The van der Waals surface area contributed by atoms with Gasteiger partial charge >= 0.3 is 11.6 Å². The van der Waals surface area contributed by atoms with Gasteiger partial charge in [0.15, 0.2) is 11.5 Å². The molecule has 0 saturated heterocycles. The van der Waals surface area contributed by atoms with Gasteiger partial charge < -0.3 is 23.9 Å². The summed E-state index contributed by atoms with van der Waals surface area (Å²) in [6.45, 7) is 5.11. The number of nitrogens with one attached hydrogen (secondary N) is 1. The number of anilines is 1. The zero-order valence-corrected chi connectivity index (χ0v) is 21.7. The van der Waals surface area contributed by atoms with Crippen LogP contribution in [-0.4, -0.2) is 26.1 Å². The number of carbonyl (C=O) groups excluding carboxylic acids is 2. The Morgan fingerprint density at radius 1 is 0.947 bits per heavy atom. The maximum Gasteiger partial charge on any atom is 0.360 e. The first-order valence-electron chi connectivity index (χ1n) is 11.8. The zero-order valence-electron chi connectivity index (χ0n) is 21.7. The van der Waals surface area contributed by atoms with Crippen molar-refractivity contribution in [2.75, 3.05) is 19.5 Å². The Hall–Kier alpha value is -4.85. The molecule has 1 amide bonds.